The van der Waals surface area contributed by atoms with E-state index in [4.69, 9.17) is 16.3 Å². The van der Waals surface area contributed by atoms with E-state index in [-0.39, 0.29) is 18.6 Å². The fraction of sp³-hybridized carbons (Fsp3) is 0.211. The Morgan fingerprint density at radius 1 is 1.08 bits per heavy atom. The average Bonchev–Trinajstić information content (AvgIpc) is 2.65. The first kappa shape index (κ1) is 20.0. The summed E-state index contributed by atoms with van der Waals surface area (Å²) < 4.78 is 4.91. The molecule has 0 saturated heterocycles. The van der Waals surface area contributed by atoms with E-state index < -0.39 is 18.5 Å². The Balaban J connectivity index is 1.73. The maximum absolute atomic E-state index is 12.0. The van der Waals surface area contributed by atoms with Gasteiger partial charge in [-0.1, -0.05) is 17.7 Å². The molecule has 0 aliphatic heterocycles. The van der Waals surface area contributed by atoms with Gasteiger partial charge < -0.3 is 10.1 Å². The normalized spacial score (nSPS) is 10.2. The zero-order valence-corrected chi connectivity index (χ0v) is 15.7. The fourth-order valence-corrected chi connectivity index (χ4v) is 2.70. The molecule has 136 valence electrons. The number of nitrogens with one attached hydrogen (secondary N) is 1. The SMILES string of the molecule is CSc1cccc(NC(=O)COC(=O)CCC(=O)c2ccc(Cl)cc2)c1. The molecule has 7 heteroatoms. The topological polar surface area (TPSA) is 72.5 Å². The molecule has 0 aromatic heterocycles. The van der Waals surface area contributed by atoms with Crippen LogP contribution in [0.2, 0.25) is 5.02 Å². The maximum Gasteiger partial charge on any atom is 0.306 e. The lowest BCUT2D eigenvalue weighted by Gasteiger charge is -2.07. The van der Waals surface area contributed by atoms with E-state index in [1.54, 1.807) is 42.1 Å². The molecule has 0 radical (unpaired) electrons. The van der Waals surface area contributed by atoms with Crippen LogP contribution in [0.4, 0.5) is 5.69 Å². The number of hydrogen-bond acceptors (Lipinski definition) is 5. The molecule has 0 aliphatic rings. The molecule has 5 nitrogen and oxygen atoms in total. The summed E-state index contributed by atoms with van der Waals surface area (Å²) in [7, 11) is 0. The van der Waals surface area contributed by atoms with Crippen LogP contribution in [0.25, 0.3) is 0 Å². The fourth-order valence-electron chi connectivity index (χ4n) is 2.11. The van der Waals surface area contributed by atoms with Gasteiger partial charge in [-0.25, -0.2) is 0 Å². The van der Waals surface area contributed by atoms with E-state index in [9.17, 15) is 14.4 Å². The van der Waals surface area contributed by atoms with Gasteiger partial charge in [0.25, 0.3) is 5.91 Å². The van der Waals surface area contributed by atoms with E-state index in [0.29, 0.717) is 16.3 Å². The first-order valence-electron chi connectivity index (χ1n) is 7.86. The molecule has 1 N–H and O–H groups in total. The molecule has 2 rings (SSSR count). The summed E-state index contributed by atoms with van der Waals surface area (Å²) in [4.78, 5) is 36.5. The number of anilines is 1. The molecule has 0 bridgehead atoms. The van der Waals surface area contributed by atoms with Crippen molar-refractivity contribution in [1.29, 1.82) is 0 Å². The van der Waals surface area contributed by atoms with Gasteiger partial charge in [0.15, 0.2) is 12.4 Å². The molecule has 2 aromatic carbocycles. The lowest BCUT2D eigenvalue weighted by atomic mass is 10.1. The summed E-state index contributed by atoms with van der Waals surface area (Å²) in [6.45, 7) is -0.391. The minimum absolute atomic E-state index is 0.0118. The Bertz CT molecular complexity index is 792. The third kappa shape index (κ3) is 6.54. The second-order valence-corrected chi connectivity index (χ2v) is 6.69. The second-order valence-electron chi connectivity index (χ2n) is 5.37. The van der Waals surface area contributed by atoms with Crippen LogP contribution < -0.4 is 5.32 Å². The Kier molecular flexibility index (Phi) is 7.69. The van der Waals surface area contributed by atoms with Crippen LogP contribution in [0.3, 0.4) is 0 Å². The first-order valence-corrected chi connectivity index (χ1v) is 9.46. The first-order chi connectivity index (χ1) is 12.5. The summed E-state index contributed by atoms with van der Waals surface area (Å²) in [5.74, 6) is -1.21. The molecule has 2 aromatic rings. The number of Topliss-reactive ketones (excluding diaryl/α,β-unsaturated/α-hetero) is 1. The average molecular weight is 392 g/mol. The quantitative estimate of drug-likeness (QED) is 0.414. The lowest BCUT2D eigenvalue weighted by molar-refractivity contribution is -0.147. The summed E-state index contributed by atoms with van der Waals surface area (Å²) >= 11 is 7.33. The van der Waals surface area contributed by atoms with E-state index in [2.05, 4.69) is 5.32 Å². The zero-order chi connectivity index (χ0) is 18.9. The molecule has 26 heavy (non-hydrogen) atoms. The number of ether oxygens (including phenoxy) is 1. The van der Waals surface area contributed by atoms with Gasteiger partial charge in [0, 0.05) is 27.6 Å². The van der Waals surface area contributed by atoms with Gasteiger partial charge >= 0.3 is 5.97 Å². The molecular weight excluding hydrogens is 374 g/mol. The van der Waals surface area contributed by atoms with Gasteiger partial charge in [-0.2, -0.15) is 0 Å². The van der Waals surface area contributed by atoms with Crippen molar-refractivity contribution in [2.45, 2.75) is 17.7 Å². The van der Waals surface area contributed by atoms with E-state index in [1.807, 2.05) is 24.5 Å². The summed E-state index contributed by atoms with van der Waals surface area (Å²) in [5, 5.41) is 3.20. The monoisotopic (exact) mass is 391 g/mol. The molecule has 0 atom stereocenters. The number of carbonyl (C=O) groups excluding carboxylic acids is 3. The van der Waals surface area contributed by atoms with Gasteiger partial charge in [-0.05, 0) is 48.7 Å². The minimum Gasteiger partial charge on any atom is -0.456 e. The minimum atomic E-state index is -0.597. The van der Waals surface area contributed by atoms with Gasteiger partial charge in [-0.3, -0.25) is 14.4 Å². The van der Waals surface area contributed by atoms with Crippen molar-refractivity contribution in [2.24, 2.45) is 0 Å². The number of ketones is 1. The van der Waals surface area contributed by atoms with Crippen LogP contribution in [0.5, 0.6) is 0 Å². The Hall–Kier alpha value is -2.31. The van der Waals surface area contributed by atoms with E-state index in [1.165, 1.54) is 0 Å². The van der Waals surface area contributed by atoms with Crippen molar-refractivity contribution in [3.8, 4) is 0 Å². The molecule has 0 heterocycles. The van der Waals surface area contributed by atoms with E-state index in [0.717, 1.165) is 4.90 Å². The molecule has 1 amide bonds. The summed E-state index contributed by atoms with van der Waals surface area (Å²) in [6, 6.07) is 13.8. The number of amides is 1. The predicted molar refractivity (Wildman–Crippen MR) is 103 cm³/mol. The standard InChI is InChI=1S/C19H18ClNO4S/c1-26-16-4-2-3-15(11-16)21-18(23)12-25-19(24)10-9-17(22)13-5-7-14(20)8-6-13/h2-8,11H,9-10,12H2,1H3,(H,21,23). The number of rotatable bonds is 8. The van der Waals surface area contributed by atoms with Crippen LogP contribution in [0.15, 0.2) is 53.4 Å². The van der Waals surface area contributed by atoms with Crippen LogP contribution in [0, 0.1) is 0 Å². The van der Waals surface area contributed by atoms with E-state index >= 15 is 0 Å². The second kappa shape index (κ2) is 9.99. The van der Waals surface area contributed by atoms with Crippen molar-refractivity contribution in [3.05, 3.63) is 59.1 Å². The van der Waals surface area contributed by atoms with Gasteiger partial charge in [0.1, 0.15) is 0 Å². The number of carbonyl (C=O) groups is 3. The number of halogens is 1. The predicted octanol–water partition coefficient (Wildman–Crippen LogP) is 4.21. The highest BCUT2D eigenvalue weighted by atomic mass is 35.5. The molecular formula is C19H18ClNO4S. The Labute approximate surface area is 161 Å². The molecule has 0 unspecified atom stereocenters. The van der Waals surface area contributed by atoms with Gasteiger partial charge in [-0.15, -0.1) is 11.8 Å². The van der Waals surface area contributed by atoms with Crippen LogP contribution in [0.1, 0.15) is 23.2 Å². The highest BCUT2D eigenvalue weighted by Gasteiger charge is 2.12. The molecule has 0 fully saturated rings. The summed E-state index contributed by atoms with van der Waals surface area (Å²) in [6.07, 6.45) is 1.86. The van der Waals surface area contributed by atoms with Gasteiger partial charge in [0.05, 0.1) is 6.42 Å². The molecule has 0 spiro atoms. The molecule has 0 aliphatic carbocycles. The van der Waals surface area contributed by atoms with Crippen molar-refractivity contribution in [2.75, 3.05) is 18.2 Å². The van der Waals surface area contributed by atoms with Crippen molar-refractivity contribution >= 4 is 46.7 Å². The lowest BCUT2D eigenvalue weighted by Crippen LogP contribution is -2.21. The number of benzene rings is 2. The smallest absolute Gasteiger partial charge is 0.306 e. The summed E-state index contributed by atoms with van der Waals surface area (Å²) in [5.41, 5.74) is 1.12. The van der Waals surface area contributed by atoms with Gasteiger partial charge in [0.2, 0.25) is 0 Å². The van der Waals surface area contributed by atoms with Crippen molar-refractivity contribution in [1.82, 2.24) is 0 Å². The number of hydrogen-bond donors (Lipinski definition) is 1. The highest BCUT2D eigenvalue weighted by Crippen LogP contribution is 2.18. The molecule has 0 saturated carbocycles. The Morgan fingerprint density at radius 2 is 1.81 bits per heavy atom. The third-order valence-electron chi connectivity index (χ3n) is 3.44. The Morgan fingerprint density at radius 3 is 2.50 bits per heavy atom. The van der Waals surface area contributed by atoms with Crippen LogP contribution in [-0.4, -0.2) is 30.5 Å². The van der Waals surface area contributed by atoms with Crippen molar-refractivity contribution < 1.29 is 19.1 Å². The third-order valence-corrected chi connectivity index (χ3v) is 4.42. The largest absolute Gasteiger partial charge is 0.456 e. The number of thioether (sulfide) groups is 1. The highest BCUT2D eigenvalue weighted by molar-refractivity contribution is 7.98. The number of esters is 1. The zero-order valence-electron chi connectivity index (χ0n) is 14.2. The van der Waals surface area contributed by atoms with Crippen LogP contribution >= 0.6 is 23.4 Å². The van der Waals surface area contributed by atoms with Crippen LogP contribution in [-0.2, 0) is 14.3 Å². The maximum atomic E-state index is 12.0. The van der Waals surface area contributed by atoms with Crippen molar-refractivity contribution in [3.63, 3.8) is 0 Å².